The SMILES string of the molecule is O=C(CC1(C(=O)NC(C2CC2)C2CC2)CCNC1)NC(C1CC1)C1CC1. The van der Waals surface area contributed by atoms with Gasteiger partial charge < -0.3 is 16.0 Å². The van der Waals surface area contributed by atoms with Gasteiger partial charge in [0.1, 0.15) is 0 Å². The summed E-state index contributed by atoms with van der Waals surface area (Å²) in [5.74, 6) is 3.03. The molecular formula is C21H33N3O2. The molecule has 26 heavy (non-hydrogen) atoms. The van der Waals surface area contributed by atoms with E-state index in [-0.39, 0.29) is 11.8 Å². The fourth-order valence-corrected chi connectivity index (χ4v) is 5.08. The van der Waals surface area contributed by atoms with Crippen LogP contribution in [0.5, 0.6) is 0 Å². The molecule has 0 aromatic carbocycles. The molecule has 3 N–H and O–H groups in total. The van der Waals surface area contributed by atoms with Crippen molar-refractivity contribution in [2.75, 3.05) is 13.1 Å². The zero-order valence-electron chi connectivity index (χ0n) is 15.8. The van der Waals surface area contributed by atoms with E-state index in [2.05, 4.69) is 16.0 Å². The molecule has 0 spiro atoms. The quantitative estimate of drug-likeness (QED) is 0.589. The molecule has 1 heterocycles. The van der Waals surface area contributed by atoms with Gasteiger partial charge in [0.15, 0.2) is 0 Å². The third kappa shape index (κ3) is 3.64. The minimum Gasteiger partial charge on any atom is -0.353 e. The largest absolute Gasteiger partial charge is 0.353 e. The molecule has 5 nitrogen and oxygen atoms in total. The van der Waals surface area contributed by atoms with Gasteiger partial charge in [-0.3, -0.25) is 9.59 Å². The summed E-state index contributed by atoms with van der Waals surface area (Å²) < 4.78 is 0. The van der Waals surface area contributed by atoms with Gasteiger partial charge in [-0.25, -0.2) is 0 Å². The van der Waals surface area contributed by atoms with E-state index in [4.69, 9.17) is 0 Å². The van der Waals surface area contributed by atoms with Gasteiger partial charge in [0.05, 0.1) is 5.41 Å². The number of amides is 2. The molecule has 1 aliphatic heterocycles. The third-order valence-electron chi connectivity index (χ3n) is 7.37. The van der Waals surface area contributed by atoms with Crippen LogP contribution in [0.3, 0.4) is 0 Å². The van der Waals surface area contributed by atoms with Gasteiger partial charge in [0, 0.05) is 25.0 Å². The Labute approximate surface area is 156 Å². The van der Waals surface area contributed by atoms with Crippen molar-refractivity contribution in [3.8, 4) is 0 Å². The van der Waals surface area contributed by atoms with Gasteiger partial charge in [0.2, 0.25) is 11.8 Å². The number of carbonyl (C=O) groups excluding carboxylic acids is 2. The first-order chi connectivity index (χ1) is 12.6. The molecule has 144 valence electrons. The van der Waals surface area contributed by atoms with Crippen molar-refractivity contribution in [1.29, 1.82) is 0 Å². The molecule has 5 rings (SSSR count). The maximum atomic E-state index is 13.2. The molecule has 5 aliphatic rings. The van der Waals surface area contributed by atoms with Crippen LogP contribution in [0.4, 0.5) is 0 Å². The number of hydrogen-bond donors (Lipinski definition) is 3. The molecule has 4 aliphatic carbocycles. The fourth-order valence-electron chi connectivity index (χ4n) is 5.08. The first-order valence-corrected chi connectivity index (χ1v) is 11.0. The second-order valence-corrected chi connectivity index (χ2v) is 9.83. The highest BCUT2D eigenvalue weighted by molar-refractivity contribution is 5.90. The van der Waals surface area contributed by atoms with Crippen LogP contribution in [0.2, 0.25) is 0 Å². The monoisotopic (exact) mass is 359 g/mol. The average molecular weight is 360 g/mol. The Kier molecular flexibility index (Phi) is 4.26. The predicted molar refractivity (Wildman–Crippen MR) is 99.3 cm³/mol. The highest BCUT2D eigenvalue weighted by Gasteiger charge is 2.49. The maximum Gasteiger partial charge on any atom is 0.228 e. The van der Waals surface area contributed by atoms with Gasteiger partial charge in [-0.15, -0.1) is 0 Å². The number of hydrogen-bond acceptors (Lipinski definition) is 3. The summed E-state index contributed by atoms with van der Waals surface area (Å²) in [5.41, 5.74) is -0.538. The summed E-state index contributed by atoms with van der Waals surface area (Å²) in [4.78, 5) is 26.1. The Balaban J connectivity index is 1.22. The van der Waals surface area contributed by atoms with Crippen LogP contribution in [-0.4, -0.2) is 37.0 Å². The molecular weight excluding hydrogens is 326 g/mol. The van der Waals surface area contributed by atoms with Crippen LogP contribution < -0.4 is 16.0 Å². The van der Waals surface area contributed by atoms with Gasteiger partial charge in [-0.1, -0.05) is 0 Å². The summed E-state index contributed by atoms with van der Waals surface area (Å²) in [6.45, 7) is 1.48. The van der Waals surface area contributed by atoms with Crippen molar-refractivity contribution in [3.05, 3.63) is 0 Å². The molecule has 1 saturated heterocycles. The number of rotatable bonds is 9. The lowest BCUT2D eigenvalue weighted by atomic mass is 9.81. The van der Waals surface area contributed by atoms with Crippen LogP contribution in [-0.2, 0) is 9.59 Å². The topological polar surface area (TPSA) is 70.2 Å². The van der Waals surface area contributed by atoms with Crippen molar-refractivity contribution in [2.45, 2.75) is 76.3 Å². The number of carbonyl (C=O) groups is 2. The molecule has 0 bridgehead atoms. The summed E-state index contributed by atoms with van der Waals surface area (Å²) in [6.07, 6.45) is 11.2. The van der Waals surface area contributed by atoms with E-state index in [0.717, 1.165) is 13.0 Å². The van der Waals surface area contributed by atoms with Crippen LogP contribution in [0.15, 0.2) is 0 Å². The average Bonchev–Trinajstić information content (AvgIpc) is 3.46. The standard InChI is InChI=1S/C21H33N3O2/c25-17(23-18(13-1-2-13)14-3-4-14)11-21(9-10-22-12-21)20(26)24-19(15-5-6-15)16-7-8-16/h13-16,18-19,22H,1-12H2,(H,23,25)(H,24,26). The van der Waals surface area contributed by atoms with Gasteiger partial charge >= 0.3 is 0 Å². The van der Waals surface area contributed by atoms with Crippen LogP contribution >= 0.6 is 0 Å². The lowest BCUT2D eigenvalue weighted by Crippen LogP contribution is -2.51. The predicted octanol–water partition coefficient (Wildman–Crippen LogP) is 1.97. The van der Waals surface area contributed by atoms with Crippen molar-refractivity contribution in [3.63, 3.8) is 0 Å². The molecule has 2 amide bonds. The first-order valence-electron chi connectivity index (χ1n) is 11.0. The molecule has 1 atom stereocenters. The summed E-state index contributed by atoms with van der Waals surface area (Å²) in [5, 5.41) is 10.1. The van der Waals surface area contributed by atoms with Crippen molar-refractivity contribution >= 4 is 11.8 Å². The Bertz CT molecular complexity index is 546. The van der Waals surface area contributed by atoms with Gasteiger partial charge in [0.25, 0.3) is 0 Å². The molecule has 4 saturated carbocycles. The minimum absolute atomic E-state index is 0.0991. The van der Waals surface area contributed by atoms with E-state index in [9.17, 15) is 9.59 Å². The van der Waals surface area contributed by atoms with E-state index in [1.165, 1.54) is 51.4 Å². The van der Waals surface area contributed by atoms with E-state index in [1.54, 1.807) is 0 Å². The van der Waals surface area contributed by atoms with Crippen molar-refractivity contribution in [1.82, 2.24) is 16.0 Å². The normalized spacial score (nSPS) is 31.5. The van der Waals surface area contributed by atoms with Crippen molar-refractivity contribution in [2.24, 2.45) is 29.1 Å². The summed E-state index contributed by atoms with van der Waals surface area (Å²) in [7, 11) is 0. The summed E-state index contributed by atoms with van der Waals surface area (Å²) >= 11 is 0. The highest BCUT2D eigenvalue weighted by atomic mass is 16.2. The first kappa shape index (κ1) is 17.0. The van der Waals surface area contributed by atoms with Crippen LogP contribution in [0.1, 0.15) is 64.2 Å². The second-order valence-electron chi connectivity index (χ2n) is 9.83. The van der Waals surface area contributed by atoms with E-state index < -0.39 is 5.41 Å². The van der Waals surface area contributed by atoms with Gasteiger partial charge in [-0.2, -0.15) is 0 Å². The Hall–Kier alpha value is -1.10. The minimum atomic E-state index is -0.538. The van der Waals surface area contributed by atoms with Gasteiger partial charge in [-0.05, 0) is 88.0 Å². The molecule has 0 aromatic heterocycles. The van der Waals surface area contributed by atoms with Crippen LogP contribution in [0.25, 0.3) is 0 Å². The summed E-state index contributed by atoms with van der Waals surface area (Å²) in [6, 6.07) is 0.747. The Morgan fingerprint density at radius 3 is 1.77 bits per heavy atom. The lowest BCUT2D eigenvalue weighted by molar-refractivity contribution is -0.136. The lowest BCUT2D eigenvalue weighted by Gasteiger charge is -2.30. The highest BCUT2D eigenvalue weighted by Crippen LogP contribution is 2.46. The zero-order chi connectivity index (χ0) is 17.7. The fraction of sp³-hybridized carbons (Fsp3) is 0.905. The van der Waals surface area contributed by atoms with E-state index in [0.29, 0.717) is 48.7 Å². The Morgan fingerprint density at radius 1 is 0.846 bits per heavy atom. The molecule has 1 unspecified atom stereocenters. The number of nitrogens with one attached hydrogen (secondary N) is 3. The second kappa shape index (κ2) is 6.50. The van der Waals surface area contributed by atoms with E-state index in [1.807, 2.05) is 0 Å². The molecule has 5 heteroatoms. The van der Waals surface area contributed by atoms with E-state index >= 15 is 0 Å². The smallest absolute Gasteiger partial charge is 0.228 e. The molecule has 5 fully saturated rings. The molecule has 0 aromatic rings. The van der Waals surface area contributed by atoms with Crippen LogP contribution in [0, 0.1) is 29.1 Å². The Morgan fingerprint density at radius 2 is 1.35 bits per heavy atom. The maximum absolute atomic E-state index is 13.2. The zero-order valence-corrected chi connectivity index (χ0v) is 15.8. The third-order valence-corrected chi connectivity index (χ3v) is 7.37. The molecule has 0 radical (unpaired) electrons. The van der Waals surface area contributed by atoms with Crippen molar-refractivity contribution < 1.29 is 9.59 Å².